The summed E-state index contributed by atoms with van der Waals surface area (Å²) in [6, 6.07) is 4.13. The van der Waals surface area contributed by atoms with E-state index < -0.39 is 0 Å². The predicted octanol–water partition coefficient (Wildman–Crippen LogP) is 3.37. The van der Waals surface area contributed by atoms with Gasteiger partial charge in [0.25, 0.3) is 0 Å². The van der Waals surface area contributed by atoms with Gasteiger partial charge in [-0.15, -0.1) is 0 Å². The van der Waals surface area contributed by atoms with Crippen LogP contribution < -0.4 is 9.47 Å². The molecule has 1 aromatic carbocycles. The highest BCUT2D eigenvalue weighted by Crippen LogP contribution is 2.46. The van der Waals surface area contributed by atoms with Crippen molar-refractivity contribution in [2.24, 2.45) is 0 Å². The van der Waals surface area contributed by atoms with Crippen LogP contribution in [0.2, 0.25) is 0 Å². The van der Waals surface area contributed by atoms with Crippen LogP contribution in [-0.2, 0) is 6.42 Å². The van der Waals surface area contributed by atoms with Crippen LogP contribution in [0.25, 0.3) is 0 Å². The first-order chi connectivity index (χ1) is 7.65. The van der Waals surface area contributed by atoms with Gasteiger partial charge in [0.05, 0.1) is 17.0 Å². The second kappa shape index (κ2) is 4.34. The molecule has 0 bridgehead atoms. The average Bonchev–Trinajstić information content (AvgIpc) is 2.66. The van der Waals surface area contributed by atoms with Gasteiger partial charge in [0.15, 0.2) is 11.5 Å². The molecule has 84 valence electrons. The van der Waals surface area contributed by atoms with Crippen molar-refractivity contribution < 1.29 is 9.47 Å². The molecule has 16 heavy (non-hydrogen) atoms. The average molecular weight is 282 g/mol. The maximum absolute atomic E-state index is 8.83. The molecule has 0 amide bonds. The van der Waals surface area contributed by atoms with Gasteiger partial charge in [0.2, 0.25) is 6.79 Å². The lowest BCUT2D eigenvalue weighted by molar-refractivity contribution is 0.172. The molecule has 4 heteroatoms. The van der Waals surface area contributed by atoms with Gasteiger partial charge in [-0.2, -0.15) is 5.26 Å². The number of rotatable bonds is 2. The number of fused-ring (bicyclic) bond motifs is 1. The van der Waals surface area contributed by atoms with Crippen molar-refractivity contribution in [2.75, 3.05) is 6.79 Å². The van der Waals surface area contributed by atoms with E-state index in [1.54, 1.807) is 0 Å². The Morgan fingerprint density at radius 1 is 1.44 bits per heavy atom. The Hall–Kier alpha value is -1.21. The van der Waals surface area contributed by atoms with E-state index in [1.165, 1.54) is 0 Å². The number of benzene rings is 1. The van der Waals surface area contributed by atoms with E-state index in [0.29, 0.717) is 12.3 Å². The van der Waals surface area contributed by atoms with Crippen molar-refractivity contribution >= 4 is 15.9 Å². The maximum Gasteiger partial charge on any atom is 0.231 e. The third kappa shape index (κ3) is 1.76. The minimum absolute atomic E-state index is 0.254. The molecule has 0 aromatic heterocycles. The summed E-state index contributed by atoms with van der Waals surface area (Å²) >= 11 is 3.44. The first-order valence-electron chi connectivity index (χ1n) is 5.13. The molecule has 0 atom stereocenters. The van der Waals surface area contributed by atoms with E-state index in [1.807, 2.05) is 6.07 Å². The maximum atomic E-state index is 8.83. The lowest BCUT2D eigenvalue weighted by atomic mass is 9.94. The van der Waals surface area contributed by atoms with Crippen molar-refractivity contribution in [1.82, 2.24) is 0 Å². The van der Waals surface area contributed by atoms with Gasteiger partial charge >= 0.3 is 0 Å². The second-order valence-electron chi connectivity index (χ2n) is 3.99. The van der Waals surface area contributed by atoms with E-state index in [-0.39, 0.29) is 6.79 Å². The van der Waals surface area contributed by atoms with Crippen molar-refractivity contribution in [3.63, 3.8) is 0 Å². The predicted molar refractivity (Wildman–Crippen MR) is 63.7 cm³/mol. The number of hydrogen-bond donors (Lipinski definition) is 0. The Labute approximate surface area is 103 Å². The number of nitrogens with zero attached hydrogens (tertiary/aromatic N) is 1. The summed E-state index contributed by atoms with van der Waals surface area (Å²) in [6.07, 6.45) is 0.392. The summed E-state index contributed by atoms with van der Waals surface area (Å²) in [5, 5.41) is 8.83. The molecule has 0 N–H and O–H groups in total. The quantitative estimate of drug-likeness (QED) is 0.835. The lowest BCUT2D eigenvalue weighted by Crippen LogP contribution is -1.99. The van der Waals surface area contributed by atoms with E-state index in [2.05, 4.69) is 35.8 Å². The smallest absolute Gasteiger partial charge is 0.231 e. The van der Waals surface area contributed by atoms with Gasteiger partial charge < -0.3 is 9.47 Å². The zero-order valence-corrected chi connectivity index (χ0v) is 10.8. The fourth-order valence-corrected chi connectivity index (χ4v) is 2.53. The summed E-state index contributed by atoms with van der Waals surface area (Å²) < 4.78 is 11.8. The monoisotopic (exact) mass is 281 g/mol. The number of ether oxygens (including phenoxy) is 2. The minimum atomic E-state index is 0.254. The molecule has 3 nitrogen and oxygen atoms in total. The molecular formula is C12H12BrNO2. The number of hydrogen-bond acceptors (Lipinski definition) is 3. The van der Waals surface area contributed by atoms with Gasteiger partial charge in [0, 0.05) is 5.56 Å². The fraction of sp³-hybridized carbons (Fsp3) is 0.417. The lowest BCUT2D eigenvalue weighted by Gasteiger charge is -2.14. The zero-order valence-electron chi connectivity index (χ0n) is 9.21. The first-order valence-corrected chi connectivity index (χ1v) is 5.92. The standard InChI is InChI=1S/C12H12BrNO2/c1-7(2)10-8(3-4-14)5-9(13)11-12(10)16-6-15-11/h5,7H,3,6H2,1-2H3. The van der Waals surface area contributed by atoms with Crippen LogP contribution >= 0.6 is 15.9 Å². The third-order valence-electron chi connectivity index (χ3n) is 2.57. The van der Waals surface area contributed by atoms with Crippen molar-refractivity contribution in [3.8, 4) is 17.6 Å². The van der Waals surface area contributed by atoms with E-state index in [4.69, 9.17) is 14.7 Å². The molecule has 0 fully saturated rings. The summed E-state index contributed by atoms with van der Waals surface area (Å²) in [4.78, 5) is 0. The molecule has 0 aliphatic carbocycles. The van der Waals surface area contributed by atoms with Crippen LogP contribution in [-0.4, -0.2) is 6.79 Å². The van der Waals surface area contributed by atoms with Crippen LogP contribution in [0.4, 0.5) is 0 Å². The minimum Gasteiger partial charge on any atom is -0.453 e. The molecule has 1 aliphatic heterocycles. The summed E-state index contributed by atoms with van der Waals surface area (Å²) in [5.41, 5.74) is 2.09. The molecule has 0 spiro atoms. The summed E-state index contributed by atoms with van der Waals surface area (Å²) in [5.74, 6) is 1.85. The van der Waals surface area contributed by atoms with Crippen molar-refractivity contribution in [3.05, 3.63) is 21.7 Å². The molecule has 0 unspecified atom stereocenters. The Balaban J connectivity index is 2.63. The van der Waals surface area contributed by atoms with Gasteiger partial charge in [-0.1, -0.05) is 13.8 Å². The highest BCUT2D eigenvalue weighted by atomic mass is 79.9. The summed E-state index contributed by atoms with van der Waals surface area (Å²) in [6.45, 7) is 4.43. The van der Waals surface area contributed by atoms with E-state index in [9.17, 15) is 0 Å². The molecule has 0 saturated carbocycles. The van der Waals surface area contributed by atoms with Crippen LogP contribution in [0.5, 0.6) is 11.5 Å². The van der Waals surface area contributed by atoms with E-state index in [0.717, 1.165) is 27.1 Å². The highest BCUT2D eigenvalue weighted by Gasteiger charge is 2.25. The molecule has 1 aromatic rings. The molecule has 0 radical (unpaired) electrons. The van der Waals surface area contributed by atoms with Crippen LogP contribution in [0, 0.1) is 11.3 Å². The summed E-state index contributed by atoms with van der Waals surface area (Å²) in [7, 11) is 0. The fourth-order valence-electron chi connectivity index (χ4n) is 1.96. The number of halogens is 1. The van der Waals surface area contributed by atoms with Crippen molar-refractivity contribution in [2.45, 2.75) is 26.2 Å². The molecular weight excluding hydrogens is 270 g/mol. The Kier molecular flexibility index (Phi) is 3.06. The third-order valence-corrected chi connectivity index (χ3v) is 3.16. The SMILES string of the molecule is CC(C)c1c(CC#N)cc(Br)c2c1OCO2. The van der Waals surface area contributed by atoms with Crippen LogP contribution in [0.1, 0.15) is 30.9 Å². The van der Waals surface area contributed by atoms with E-state index >= 15 is 0 Å². The Bertz CT molecular complexity index is 463. The Morgan fingerprint density at radius 3 is 2.75 bits per heavy atom. The number of nitriles is 1. The van der Waals surface area contributed by atoms with Gasteiger partial charge in [-0.25, -0.2) is 0 Å². The largest absolute Gasteiger partial charge is 0.453 e. The molecule has 1 aliphatic rings. The zero-order chi connectivity index (χ0) is 11.7. The van der Waals surface area contributed by atoms with Gasteiger partial charge in [-0.3, -0.25) is 0 Å². The second-order valence-corrected chi connectivity index (χ2v) is 4.84. The molecule has 2 rings (SSSR count). The van der Waals surface area contributed by atoms with Gasteiger partial charge in [0.1, 0.15) is 0 Å². The van der Waals surface area contributed by atoms with Gasteiger partial charge in [-0.05, 0) is 33.5 Å². The first kappa shape index (κ1) is 11.3. The molecule has 1 heterocycles. The topological polar surface area (TPSA) is 42.2 Å². The normalized spacial score (nSPS) is 12.9. The highest BCUT2D eigenvalue weighted by molar-refractivity contribution is 9.10. The van der Waals surface area contributed by atoms with Crippen molar-refractivity contribution in [1.29, 1.82) is 5.26 Å². The van der Waals surface area contributed by atoms with Crippen LogP contribution in [0.15, 0.2) is 10.5 Å². The molecule has 0 saturated heterocycles. The Morgan fingerprint density at radius 2 is 2.12 bits per heavy atom. The van der Waals surface area contributed by atoms with Crippen LogP contribution in [0.3, 0.4) is 0 Å².